The zero-order valence-corrected chi connectivity index (χ0v) is 14.5. The minimum atomic E-state index is 0.00394. The first-order valence-corrected chi connectivity index (χ1v) is 8.63. The van der Waals surface area contributed by atoms with Gasteiger partial charge in [-0.15, -0.1) is 0 Å². The Bertz CT molecular complexity index is 916. The van der Waals surface area contributed by atoms with Crippen LogP contribution in [0.1, 0.15) is 29.3 Å². The lowest BCUT2D eigenvalue weighted by atomic mass is 10.1. The highest BCUT2D eigenvalue weighted by atomic mass is 16.3. The van der Waals surface area contributed by atoms with Gasteiger partial charge in [-0.3, -0.25) is 4.79 Å². The van der Waals surface area contributed by atoms with E-state index in [2.05, 4.69) is 41.3 Å². The van der Waals surface area contributed by atoms with E-state index < -0.39 is 0 Å². The van der Waals surface area contributed by atoms with Gasteiger partial charge in [0.2, 0.25) is 5.91 Å². The molecular formula is C20H20N4O2. The van der Waals surface area contributed by atoms with Gasteiger partial charge < -0.3 is 10.0 Å². The van der Waals surface area contributed by atoms with Crippen LogP contribution in [0, 0.1) is 6.92 Å². The molecule has 0 bridgehead atoms. The summed E-state index contributed by atoms with van der Waals surface area (Å²) in [4.78, 5) is 18.6. The molecule has 2 aromatic carbocycles. The van der Waals surface area contributed by atoms with Crippen molar-refractivity contribution in [2.24, 2.45) is 0 Å². The highest BCUT2D eigenvalue weighted by molar-refractivity contribution is 5.96. The van der Waals surface area contributed by atoms with Crippen LogP contribution < -0.4 is 4.90 Å². The molecule has 132 valence electrons. The summed E-state index contributed by atoms with van der Waals surface area (Å²) in [7, 11) is 0. The minimum Gasteiger partial charge on any atom is -0.508 e. The van der Waals surface area contributed by atoms with Crippen molar-refractivity contribution in [2.45, 2.75) is 25.8 Å². The molecule has 0 radical (unpaired) electrons. The average molecular weight is 348 g/mol. The Morgan fingerprint density at radius 3 is 2.58 bits per heavy atom. The maximum absolute atomic E-state index is 12.5. The van der Waals surface area contributed by atoms with Crippen LogP contribution in [0.15, 0.2) is 54.9 Å². The molecule has 1 fully saturated rings. The number of carbonyl (C=O) groups excluding carboxylic acids is 1. The van der Waals surface area contributed by atoms with Gasteiger partial charge in [-0.25, -0.2) is 9.67 Å². The molecule has 6 nitrogen and oxygen atoms in total. The minimum absolute atomic E-state index is 0.00394. The average Bonchev–Trinajstić information content (AvgIpc) is 3.24. The van der Waals surface area contributed by atoms with Crippen molar-refractivity contribution in [3.8, 4) is 5.75 Å². The summed E-state index contributed by atoms with van der Waals surface area (Å²) in [5, 5.41) is 13.8. The fraction of sp³-hybridized carbons (Fsp3) is 0.250. The third kappa shape index (κ3) is 3.18. The van der Waals surface area contributed by atoms with Crippen LogP contribution in [0.5, 0.6) is 5.75 Å². The molecule has 1 unspecified atom stereocenters. The Labute approximate surface area is 151 Å². The third-order valence-corrected chi connectivity index (χ3v) is 4.75. The van der Waals surface area contributed by atoms with Crippen molar-refractivity contribution in [2.75, 3.05) is 11.4 Å². The zero-order chi connectivity index (χ0) is 18.1. The number of nitrogens with zero attached hydrogens (tertiary/aromatic N) is 4. The van der Waals surface area contributed by atoms with E-state index in [1.807, 2.05) is 4.68 Å². The predicted molar refractivity (Wildman–Crippen MR) is 98.1 cm³/mol. The number of anilines is 1. The van der Waals surface area contributed by atoms with Crippen molar-refractivity contribution < 1.29 is 9.90 Å². The summed E-state index contributed by atoms with van der Waals surface area (Å²) < 4.78 is 1.88. The van der Waals surface area contributed by atoms with E-state index in [-0.39, 0.29) is 17.6 Å². The molecule has 1 atom stereocenters. The van der Waals surface area contributed by atoms with Crippen molar-refractivity contribution in [1.82, 2.24) is 14.8 Å². The number of aryl methyl sites for hydroxylation is 1. The highest BCUT2D eigenvalue weighted by Crippen LogP contribution is 2.31. The van der Waals surface area contributed by atoms with Gasteiger partial charge in [-0.05, 0) is 36.8 Å². The van der Waals surface area contributed by atoms with Gasteiger partial charge in [0, 0.05) is 24.6 Å². The van der Waals surface area contributed by atoms with Gasteiger partial charge in [-0.2, -0.15) is 5.10 Å². The van der Waals surface area contributed by atoms with Crippen molar-refractivity contribution in [1.29, 1.82) is 0 Å². The van der Waals surface area contributed by atoms with Crippen LogP contribution in [0.4, 0.5) is 5.69 Å². The quantitative estimate of drug-likeness (QED) is 0.787. The molecule has 1 amide bonds. The molecule has 6 heteroatoms. The predicted octanol–water partition coefficient (Wildman–Crippen LogP) is 2.86. The summed E-state index contributed by atoms with van der Waals surface area (Å²) in [6.07, 6.45) is 1.96. The molecule has 0 aliphatic carbocycles. The van der Waals surface area contributed by atoms with Gasteiger partial charge in [0.05, 0.1) is 6.54 Å². The number of hydrogen-bond acceptors (Lipinski definition) is 4. The summed E-state index contributed by atoms with van der Waals surface area (Å²) in [6, 6.07) is 15.0. The van der Waals surface area contributed by atoms with Crippen molar-refractivity contribution in [3.63, 3.8) is 0 Å². The summed E-state index contributed by atoms with van der Waals surface area (Å²) >= 11 is 0. The first-order valence-electron chi connectivity index (χ1n) is 8.63. The van der Waals surface area contributed by atoms with E-state index in [9.17, 15) is 9.90 Å². The van der Waals surface area contributed by atoms with Crippen molar-refractivity contribution >= 4 is 11.6 Å². The Hall–Kier alpha value is -3.15. The van der Waals surface area contributed by atoms with Gasteiger partial charge >= 0.3 is 0 Å². The first-order chi connectivity index (χ1) is 12.6. The van der Waals surface area contributed by atoms with E-state index in [1.165, 1.54) is 5.56 Å². The standard InChI is InChI=1S/C20H20N4O2/c1-14-2-4-15(5-3-14)11-24-20(21-13-22-24)16-10-19(26)23(12-16)17-6-8-18(25)9-7-17/h2-9,13,16,25H,10-12H2,1H3. The lowest BCUT2D eigenvalue weighted by molar-refractivity contribution is -0.117. The van der Waals surface area contributed by atoms with Crippen LogP contribution >= 0.6 is 0 Å². The summed E-state index contributed by atoms with van der Waals surface area (Å²) in [5.74, 6) is 1.09. The Balaban J connectivity index is 1.54. The number of phenols is 1. The third-order valence-electron chi connectivity index (χ3n) is 4.75. The molecule has 26 heavy (non-hydrogen) atoms. The van der Waals surface area contributed by atoms with Gasteiger partial charge in [0.1, 0.15) is 17.9 Å². The van der Waals surface area contributed by atoms with Crippen LogP contribution in [-0.4, -0.2) is 32.3 Å². The number of phenolic OH excluding ortho intramolecular Hbond substituents is 1. The monoisotopic (exact) mass is 348 g/mol. The highest BCUT2D eigenvalue weighted by Gasteiger charge is 2.34. The first kappa shape index (κ1) is 16.3. The maximum Gasteiger partial charge on any atom is 0.227 e. The summed E-state index contributed by atoms with van der Waals surface area (Å²) in [6.45, 7) is 3.27. The van der Waals surface area contributed by atoms with Crippen LogP contribution in [0.2, 0.25) is 0 Å². The summed E-state index contributed by atoms with van der Waals surface area (Å²) in [5.41, 5.74) is 3.17. The molecule has 2 heterocycles. The number of amides is 1. The largest absolute Gasteiger partial charge is 0.508 e. The molecular weight excluding hydrogens is 328 g/mol. The second-order valence-corrected chi connectivity index (χ2v) is 6.68. The normalized spacial score (nSPS) is 17.0. The fourth-order valence-corrected chi connectivity index (χ4v) is 3.34. The zero-order valence-electron chi connectivity index (χ0n) is 14.5. The molecule has 0 spiro atoms. The molecule has 1 aliphatic heterocycles. The molecule has 1 aromatic heterocycles. The van der Waals surface area contributed by atoms with Gasteiger partial charge in [0.25, 0.3) is 0 Å². The fourth-order valence-electron chi connectivity index (χ4n) is 3.34. The van der Waals surface area contributed by atoms with Gasteiger partial charge in [-0.1, -0.05) is 29.8 Å². The number of aromatic hydroxyl groups is 1. The van der Waals surface area contributed by atoms with Crippen LogP contribution in [0.3, 0.4) is 0 Å². The Morgan fingerprint density at radius 2 is 1.85 bits per heavy atom. The number of rotatable bonds is 4. The second-order valence-electron chi connectivity index (χ2n) is 6.68. The van der Waals surface area contributed by atoms with E-state index in [1.54, 1.807) is 35.5 Å². The molecule has 4 rings (SSSR count). The number of hydrogen-bond donors (Lipinski definition) is 1. The maximum atomic E-state index is 12.5. The van der Waals surface area contributed by atoms with E-state index in [4.69, 9.17) is 0 Å². The van der Waals surface area contributed by atoms with E-state index in [0.29, 0.717) is 19.5 Å². The van der Waals surface area contributed by atoms with Gasteiger partial charge in [0.15, 0.2) is 0 Å². The molecule has 0 saturated carbocycles. The topological polar surface area (TPSA) is 71.2 Å². The van der Waals surface area contributed by atoms with Crippen LogP contribution in [0.25, 0.3) is 0 Å². The molecule has 3 aromatic rings. The Kier molecular flexibility index (Phi) is 4.16. The molecule has 1 N–H and O–H groups in total. The smallest absolute Gasteiger partial charge is 0.227 e. The van der Waals surface area contributed by atoms with E-state index in [0.717, 1.165) is 17.1 Å². The lowest BCUT2D eigenvalue weighted by Crippen LogP contribution is -2.24. The number of carbonyl (C=O) groups is 1. The molecule has 1 saturated heterocycles. The Morgan fingerprint density at radius 1 is 1.12 bits per heavy atom. The second kappa shape index (κ2) is 6.63. The molecule has 1 aliphatic rings. The number of aromatic nitrogens is 3. The number of benzene rings is 2. The van der Waals surface area contributed by atoms with Crippen LogP contribution in [-0.2, 0) is 11.3 Å². The van der Waals surface area contributed by atoms with Crippen molar-refractivity contribution in [3.05, 3.63) is 71.8 Å². The van der Waals surface area contributed by atoms with E-state index >= 15 is 0 Å². The SMILES string of the molecule is Cc1ccc(Cn2ncnc2C2CC(=O)N(c3ccc(O)cc3)C2)cc1. The lowest BCUT2D eigenvalue weighted by Gasteiger charge is -2.17.